The van der Waals surface area contributed by atoms with Gasteiger partial charge in [0.1, 0.15) is 5.75 Å². The number of aliphatic hydroxyl groups excluding tert-OH is 1. The first-order valence-corrected chi connectivity index (χ1v) is 14.1. The van der Waals surface area contributed by atoms with Gasteiger partial charge in [0, 0.05) is 6.54 Å². The van der Waals surface area contributed by atoms with E-state index in [1.165, 1.54) is 13.2 Å². The predicted octanol–water partition coefficient (Wildman–Crippen LogP) is 3.20. The number of methoxy groups -OCH3 is 1. The molecule has 0 aliphatic carbocycles. The van der Waals surface area contributed by atoms with Crippen LogP contribution in [-0.4, -0.2) is 51.3 Å². The summed E-state index contributed by atoms with van der Waals surface area (Å²) in [6.07, 6.45) is 2.23. The first-order chi connectivity index (χ1) is 17.1. The van der Waals surface area contributed by atoms with Crippen molar-refractivity contribution in [1.29, 1.82) is 0 Å². The molecule has 0 heterocycles. The largest absolute Gasteiger partial charge is 0.497 e. The number of nitrogens with one attached hydrogen (secondary N) is 2. The van der Waals surface area contributed by atoms with Crippen LogP contribution in [-0.2, 0) is 27.7 Å². The Morgan fingerprint density at radius 1 is 1.14 bits per heavy atom. The molecule has 0 aliphatic rings. The van der Waals surface area contributed by atoms with Crippen molar-refractivity contribution in [2.75, 3.05) is 13.7 Å². The highest BCUT2D eigenvalue weighted by Gasteiger charge is 2.28. The van der Waals surface area contributed by atoms with Gasteiger partial charge in [0.15, 0.2) is 0 Å². The molecule has 0 spiro atoms. The number of ether oxygens (including phenoxy) is 1. The van der Waals surface area contributed by atoms with Crippen molar-refractivity contribution in [3.05, 3.63) is 59.7 Å². The second kappa shape index (κ2) is 15.9. The molecule has 2 aromatic carbocycles. The zero-order valence-corrected chi connectivity index (χ0v) is 23.8. The van der Waals surface area contributed by atoms with Gasteiger partial charge in [-0.15, -0.1) is 12.4 Å². The standard InChI is InChI=1S/C27H41N3O5S.ClH/c1-5-7-13-21-17-22(35-4)14-15-25(21)36(33,34)29-18-24(31)23(16-20-11-9-8-10-12-20)30-27(32)26(28)19(3)6-2;/h8-12,14-15,17,19,23-24,26,29,31H,5-7,13,16,18,28H2,1-4H3,(H,30,32);1H/t19-,23-,24+,26-;/m0./s1. The minimum absolute atomic E-state index is 0. The summed E-state index contributed by atoms with van der Waals surface area (Å²) in [5.41, 5.74) is 7.66. The van der Waals surface area contributed by atoms with Crippen molar-refractivity contribution >= 4 is 28.3 Å². The van der Waals surface area contributed by atoms with E-state index in [0.29, 0.717) is 24.2 Å². The fraction of sp³-hybridized carbons (Fsp3) is 0.519. The van der Waals surface area contributed by atoms with Crippen molar-refractivity contribution < 1.29 is 23.1 Å². The van der Waals surface area contributed by atoms with Gasteiger partial charge in [0.25, 0.3) is 0 Å². The van der Waals surface area contributed by atoms with Crippen molar-refractivity contribution in [3.63, 3.8) is 0 Å². The molecule has 4 atom stereocenters. The molecule has 2 aromatic rings. The molecule has 208 valence electrons. The Kier molecular flexibility index (Phi) is 14.2. The quantitative estimate of drug-likeness (QED) is 0.267. The normalized spacial score (nSPS) is 14.6. The maximum Gasteiger partial charge on any atom is 0.240 e. The number of aryl methyl sites for hydroxylation is 1. The molecule has 5 N–H and O–H groups in total. The number of aliphatic hydroxyl groups is 1. The van der Waals surface area contributed by atoms with E-state index < -0.39 is 28.2 Å². The lowest BCUT2D eigenvalue weighted by Crippen LogP contribution is -2.54. The van der Waals surface area contributed by atoms with Crippen LogP contribution in [0.2, 0.25) is 0 Å². The lowest BCUT2D eigenvalue weighted by Gasteiger charge is -2.27. The Morgan fingerprint density at radius 3 is 2.41 bits per heavy atom. The summed E-state index contributed by atoms with van der Waals surface area (Å²) in [7, 11) is -2.38. The zero-order chi connectivity index (χ0) is 26.7. The highest BCUT2D eigenvalue weighted by atomic mass is 35.5. The first-order valence-electron chi connectivity index (χ1n) is 12.6. The molecular weight excluding hydrogens is 514 g/mol. The molecule has 0 unspecified atom stereocenters. The van der Waals surface area contributed by atoms with E-state index >= 15 is 0 Å². The third-order valence-electron chi connectivity index (χ3n) is 6.49. The van der Waals surface area contributed by atoms with E-state index in [4.69, 9.17) is 10.5 Å². The molecule has 2 rings (SSSR count). The van der Waals surface area contributed by atoms with Gasteiger partial charge in [0.2, 0.25) is 15.9 Å². The maximum absolute atomic E-state index is 13.2. The van der Waals surface area contributed by atoms with Gasteiger partial charge in [-0.25, -0.2) is 13.1 Å². The molecule has 0 radical (unpaired) electrons. The Hall–Kier alpha value is -2.17. The third-order valence-corrected chi connectivity index (χ3v) is 8.01. The van der Waals surface area contributed by atoms with Gasteiger partial charge >= 0.3 is 0 Å². The van der Waals surface area contributed by atoms with Gasteiger partial charge in [-0.3, -0.25) is 4.79 Å². The van der Waals surface area contributed by atoms with Crippen LogP contribution in [0.5, 0.6) is 5.75 Å². The van der Waals surface area contributed by atoms with Crippen molar-refractivity contribution in [3.8, 4) is 5.75 Å². The second-order valence-electron chi connectivity index (χ2n) is 9.21. The number of hydrogen-bond donors (Lipinski definition) is 4. The summed E-state index contributed by atoms with van der Waals surface area (Å²) >= 11 is 0. The number of hydrogen-bond acceptors (Lipinski definition) is 6. The number of halogens is 1. The van der Waals surface area contributed by atoms with Crippen LogP contribution in [0, 0.1) is 5.92 Å². The van der Waals surface area contributed by atoms with Crippen LogP contribution in [0.25, 0.3) is 0 Å². The Morgan fingerprint density at radius 2 is 1.81 bits per heavy atom. The second-order valence-corrected chi connectivity index (χ2v) is 10.9. The number of sulfonamides is 1. The average Bonchev–Trinajstić information content (AvgIpc) is 2.89. The van der Waals surface area contributed by atoms with Crippen LogP contribution in [0.1, 0.15) is 51.2 Å². The van der Waals surface area contributed by atoms with Crippen LogP contribution >= 0.6 is 12.4 Å². The van der Waals surface area contributed by atoms with E-state index in [1.54, 1.807) is 12.1 Å². The highest BCUT2D eigenvalue weighted by molar-refractivity contribution is 7.89. The van der Waals surface area contributed by atoms with Crippen molar-refractivity contribution in [1.82, 2.24) is 10.0 Å². The van der Waals surface area contributed by atoms with Crippen LogP contribution in [0.3, 0.4) is 0 Å². The number of amides is 1. The number of nitrogens with two attached hydrogens (primary N) is 1. The number of carbonyl (C=O) groups excluding carboxylic acids is 1. The van der Waals surface area contributed by atoms with Crippen molar-refractivity contribution in [2.45, 2.75) is 76.0 Å². The topological polar surface area (TPSA) is 131 Å². The monoisotopic (exact) mass is 555 g/mol. The van der Waals surface area contributed by atoms with Crippen LogP contribution in [0.4, 0.5) is 0 Å². The lowest BCUT2D eigenvalue weighted by atomic mass is 9.97. The highest BCUT2D eigenvalue weighted by Crippen LogP contribution is 2.23. The molecule has 1 amide bonds. The van der Waals surface area contributed by atoms with E-state index in [0.717, 1.165) is 24.8 Å². The molecular formula is C27H42ClN3O5S. The van der Waals surface area contributed by atoms with Gasteiger partial charge in [-0.2, -0.15) is 0 Å². The fourth-order valence-corrected chi connectivity index (χ4v) is 5.16. The van der Waals surface area contributed by atoms with Gasteiger partial charge in [-0.05, 0) is 54.5 Å². The number of unbranched alkanes of at least 4 members (excludes halogenated alkanes) is 1. The summed E-state index contributed by atoms with van der Waals surface area (Å²) in [5.74, 6) is 0.183. The summed E-state index contributed by atoms with van der Waals surface area (Å²) in [6, 6.07) is 12.8. The first kappa shape index (κ1) is 32.9. The van der Waals surface area contributed by atoms with E-state index in [2.05, 4.69) is 10.0 Å². The predicted molar refractivity (Wildman–Crippen MR) is 150 cm³/mol. The van der Waals surface area contributed by atoms with Gasteiger partial charge in [0.05, 0.1) is 30.2 Å². The smallest absolute Gasteiger partial charge is 0.240 e. The van der Waals surface area contributed by atoms with Gasteiger partial charge in [-0.1, -0.05) is 63.9 Å². The van der Waals surface area contributed by atoms with E-state index in [1.807, 2.05) is 51.1 Å². The zero-order valence-electron chi connectivity index (χ0n) is 22.1. The molecule has 0 aliphatic heterocycles. The minimum Gasteiger partial charge on any atom is -0.497 e. The molecule has 10 heteroatoms. The maximum atomic E-state index is 13.2. The Labute approximate surface area is 227 Å². The SMILES string of the molecule is CCCCc1cc(OC)ccc1S(=O)(=O)NC[C@@H](O)[C@H](Cc1ccccc1)NC(=O)[C@@H](N)[C@@H](C)CC.Cl. The van der Waals surface area contributed by atoms with Gasteiger partial charge < -0.3 is 20.9 Å². The number of carbonyl (C=O) groups is 1. The molecule has 37 heavy (non-hydrogen) atoms. The minimum atomic E-state index is -3.91. The number of benzene rings is 2. The summed E-state index contributed by atoms with van der Waals surface area (Å²) in [6.45, 7) is 5.62. The Bertz CT molecular complexity index is 1070. The Balaban J connectivity index is 0.00000684. The summed E-state index contributed by atoms with van der Waals surface area (Å²) in [4.78, 5) is 12.9. The number of rotatable bonds is 15. The summed E-state index contributed by atoms with van der Waals surface area (Å²) in [5, 5.41) is 13.8. The fourth-order valence-electron chi connectivity index (χ4n) is 3.87. The molecule has 0 saturated heterocycles. The lowest BCUT2D eigenvalue weighted by molar-refractivity contribution is -0.125. The van der Waals surface area contributed by atoms with Crippen LogP contribution in [0.15, 0.2) is 53.4 Å². The van der Waals surface area contributed by atoms with Crippen LogP contribution < -0.4 is 20.5 Å². The molecule has 0 saturated carbocycles. The molecule has 0 bridgehead atoms. The van der Waals surface area contributed by atoms with Crippen molar-refractivity contribution in [2.24, 2.45) is 11.7 Å². The van der Waals surface area contributed by atoms with E-state index in [9.17, 15) is 18.3 Å². The molecule has 8 nitrogen and oxygen atoms in total. The molecule has 0 aromatic heterocycles. The summed E-state index contributed by atoms with van der Waals surface area (Å²) < 4.78 is 34.2. The van der Waals surface area contributed by atoms with E-state index in [-0.39, 0.29) is 35.7 Å². The average molecular weight is 556 g/mol. The third kappa shape index (κ3) is 9.90. The molecule has 0 fully saturated rings.